The highest BCUT2D eigenvalue weighted by Gasteiger charge is 2.27. The maximum absolute atomic E-state index is 12.4. The van der Waals surface area contributed by atoms with Gasteiger partial charge in [-0.3, -0.25) is 4.79 Å². The van der Waals surface area contributed by atoms with Crippen LogP contribution in [0.1, 0.15) is 29.1 Å². The lowest BCUT2D eigenvalue weighted by Gasteiger charge is -2.22. The Hall–Kier alpha value is -2.70. The molecule has 4 rings (SSSR count). The summed E-state index contributed by atoms with van der Waals surface area (Å²) in [7, 11) is 0. The molecule has 1 amide bonds. The molecule has 0 fully saturated rings. The number of fused-ring (bicyclic) bond motifs is 1. The quantitative estimate of drug-likeness (QED) is 0.469. The van der Waals surface area contributed by atoms with Gasteiger partial charge in [-0.25, -0.2) is 9.97 Å². The number of imidazole rings is 1. The van der Waals surface area contributed by atoms with Crippen molar-refractivity contribution in [3.63, 3.8) is 0 Å². The van der Waals surface area contributed by atoms with Crippen LogP contribution < -0.4 is 5.73 Å². The molecule has 0 bridgehead atoms. The van der Waals surface area contributed by atoms with Gasteiger partial charge in [0.05, 0.1) is 12.5 Å². The molecule has 7 heteroatoms. The highest BCUT2D eigenvalue weighted by atomic mass is 35.5. The predicted molar refractivity (Wildman–Crippen MR) is 117 cm³/mol. The normalized spacial score (nSPS) is 13.4. The van der Waals surface area contributed by atoms with Gasteiger partial charge in [-0.1, -0.05) is 36.7 Å². The van der Waals surface area contributed by atoms with Gasteiger partial charge in [0.15, 0.2) is 5.65 Å². The lowest BCUT2D eigenvalue weighted by molar-refractivity contribution is -0.122. The molecule has 0 aliphatic heterocycles. The summed E-state index contributed by atoms with van der Waals surface area (Å²) in [5, 5.41) is 2.72. The molecular weight excluding hydrogens is 404 g/mol. The van der Waals surface area contributed by atoms with Crippen molar-refractivity contribution in [3.8, 4) is 0 Å². The summed E-state index contributed by atoms with van der Waals surface area (Å²) in [5.74, 6) is 0.0228. The van der Waals surface area contributed by atoms with Crippen LogP contribution in [0.2, 0.25) is 5.02 Å². The van der Waals surface area contributed by atoms with Gasteiger partial charge in [-0.15, -0.1) is 11.3 Å². The standard InChI is InChI=1S/C22H21ClN4OS/c1-14(15-6-8-16(23)9-7-15)18(21(24)28)12-20-26-19-5-2-10-25-22(19)27(20)13-17-4-3-11-29-17/h2-11,14,18H,12-13H2,1H3,(H2,24,28)/t14-,18?/m1/s1. The van der Waals surface area contributed by atoms with E-state index in [2.05, 4.69) is 21.0 Å². The van der Waals surface area contributed by atoms with Crippen LogP contribution in [0.15, 0.2) is 60.1 Å². The highest BCUT2D eigenvalue weighted by Crippen LogP contribution is 2.29. The van der Waals surface area contributed by atoms with E-state index in [1.165, 1.54) is 4.88 Å². The molecule has 0 aliphatic rings. The molecular formula is C22H21ClN4OS. The van der Waals surface area contributed by atoms with Crippen LogP contribution >= 0.6 is 22.9 Å². The van der Waals surface area contributed by atoms with Crippen molar-refractivity contribution < 1.29 is 4.79 Å². The Bertz CT molecular complexity index is 1120. The SMILES string of the molecule is C[C@H](c1ccc(Cl)cc1)C(Cc1nc2cccnc2n1Cc1cccs1)C(N)=O. The lowest BCUT2D eigenvalue weighted by Crippen LogP contribution is -2.30. The Morgan fingerprint density at radius 3 is 2.69 bits per heavy atom. The van der Waals surface area contributed by atoms with E-state index in [-0.39, 0.29) is 11.8 Å². The first-order chi connectivity index (χ1) is 14.0. The molecule has 0 radical (unpaired) electrons. The fourth-order valence-electron chi connectivity index (χ4n) is 3.60. The molecule has 3 heterocycles. The summed E-state index contributed by atoms with van der Waals surface area (Å²) < 4.78 is 2.09. The Labute approximate surface area is 178 Å². The molecule has 148 valence electrons. The van der Waals surface area contributed by atoms with Gasteiger partial charge in [-0.2, -0.15) is 0 Å². The van der Waals surface area contributed by atoms with Crippen LogP contribution in [-0.2, 0) is 17.8 Å². The number of primary amides is 1. The van der Waals surface area contributed by atoms with Crippen molar-refractivity contribution in [1.82, 2.24) is 14.5 Å². The third kappa shape index (κ3) is 4.18. The average Bonchev–Trinajstić information content (AvgIpc) is 3.34. The number of carbonyl (C=O) groups is 1. The molecule has 2 N–H and O–H groups in total. The summed E-state index contributed by atoms with van der Waals surface area (Å²) in [5.41, 5.74) is 8.48. The van der Waals surface area contributed by atoms with Gasteiger partial charge in [-0.05, 0) is 47.2 Å². The Kier molecular flexibility index (Phi) is 5.65. The number of pyridine rings is 1. The largest absolute Gasteiger partial charge is 0.369 e. The number of benzene rings is 1. The minimum Gasteiger partial charge on any atom is -0.369 e. The second kappa shape index (κ2) is 8.35. The summed E-state index contributed by atoms with van der Waals surface area (Å²) >= 11 is 7.70. The molecule has 0 saturated heterocycles. The average molecular weight is 425 g/mol. The van der Waals surface area contributed by atoms with Crippen LogP contribution in [0, 0.1) is 5.92 Å². The fourth-order valence-corrected chi connectivity index (χ4v) is 4.42. The van der Waals surface area contributed by atoms with E-state index in [9.17, 15) is 4.79 Å². The number of aromatic nitrogens is 3. The number of hydrogen-bond donors (Lipinski definition) is 1. The Morgan fingerprint density at radius 2 is 2.00 bits per heavy atom. The molecule has 2 atom stereocenters. The number of nitrogens with two attached hydrogens (primary N) is 1. The van der Waals surface area contributed by atoms with E-state index in [1.807, 2.05) is 49.4 Å². The van der Waals surface area contributed by atoms with E-state index in [0.717, 1.165) is 22.6 Å². The molecule has 29 heavy (non-hydrogen) atoms. The zero-order chi connectivity index (χ0) is 20.4. The van der Waals surface area contributed by atoms with Crippen molar-refractivity contribution in [2.75, 3.05) is 0 Å². The number of carbonyl (C=O) groups excluding carboxylic acids is 1. The smallest absolute Gasteiger partial charge is 0.221 e. The van der Waals surface area contributed by atoms with Gasteiger partial charge in [0.1, 0.15) is 11.3 Å². The monoisotopic (exact) mass is 424 g/mol. The van der Waals surface area contributed by atoms with E-state index in [0.29, 0.717) is 18.0 Å². The van der Waals surface area contributed by atoms with Gasteiger partial charge < -0.3 is 10.3 Å². The van der Waals surface area contributed by atoms with Crippen LogP contribution in [0.25, 0.3) is 11.2 Å². The lowest BCUT2D eigenvalue weighted by atomic mass is 9.84. The van der Waals surface area contributed by atoms with Crippen LogP contribution in [0.3, 0.4) is 0 Å². The maximum atomic E-state index is 12.4. The van der Waals surface area contributed by atoms with Crippen molar-refractivity contribution >= 4 is 40.0 Å². The third-order valence-electron chi connectivity index (χ3n) is 5.24. The zero-order valence-corrected chi connectivity index (χ0v) is 17.5. The predicted octanol–water partition coefficient (Wildman–Crippen LogP) is 4.64. The van der Waals surface area contributed by atoms with Crippen LogP contribution in [0.4, 0.5) is 0 Å². The topological polar surface area (TPSA) is 73.8 Å². The van der Waals surface area contributed by atoms with E-state index >= 15 is 0 Å². The number of hydrogen-bond acceptors (Lipinski definition) is 4. The first kappa shape index (κ1) is 19.6. The number of halogens is 1. The Balaban J connectivity index is 1.70. The minimum atomic E-state index is -0.393. The third-order valence-corrected chi connectivity index (χ3v) is 6.36. The van der Waals surface area contributed by atoms with E-state index in [1.54, 1.807) is 17.5 Å². The minimum absolute atomic E-state index is 0.0623. The highest BCUT2D eigenvalue weighted by molar-refractivity contribution is 7.09. The summed E-state index contributed by atoms with van der Waals surface area (Å²) in [6.45, 7) is 2.69. The van der Waals surface area contributed by atoms with Gasteiger partial charge in [0.2, 0.25) is 5.91 Å². The first-order valence-corrected chi connectivity index (χ1v) is 10.7. The van der Waals surface area contributed by atoms with Crippen LogP contribution in [-0.4, -0.2) is 20.4 Å². The van der Waals surface area contributed by atoms with Gasteiger partial charge in [0, 0.05) is 22.5 Å². The second-order valence-electron chi connectivity index (χ2n) is 7.09. The summed E-state index contributed by atoms with van der Waals surface area (Å²) in [6, 6.07) is 15.5. The van der Waals surface area contributed by atoms with E-state index in [4.69, 9.17) is 22.3 Å². The molecule has 0 spiro atoms. The van der Waals surface area contributed by atoms with Crippen molar-refractivity contribution in [2.45, 2.75) is 25.8 Å². The Morgan fingerprint density at radius 1 is 1.21 bits per heavy atom. The van der Waals surface area contributed by atoms with Crippen molar-refractivity contribution in [3.05, 3.63) is 81.4 Å². The fraction of sp³-hybridized carbons (Fsp3) is 0.227. The zero-order valence-electron chi connectivity index (χ0n) is 16.0. The first-order valence-electron chi connectivity index (χ1n) is 9.40. The maximum Gasteiger partial charge on any atom is 0.221 e. The van der Waals surface area contributed by atoms with E-state index < -0.39 is 5.92 Å². The molecule has 4 aromatic rings. The molecule has 1 aromatic carbocycles. The molecule has 0 saturated carbocycles. The number of rotatable bonds is 7. The number of nitrogens with zero attached hydrogens (tertiary/aromatic N) is 3. The second-order valence-corrected chi connectivity index (χ2v) is 8.56. The summed E-state index contributed by atoms with van der Waals surface area (Å²) in [4.78, 5) is 22.9. The van der Waals surface area contributed by atoms with Gasteiger partial charge in [0.25, 0.3) is 0 Å². The number of thiophene rings is 1. The van der Waals surface area contributed by atoms with Gasteiger partial charge >= 0.3 is 0 Å². The van der Waals surface area contributed by atoms with Crippen LogP contribution in [0.5, 0.6) is 0 Å². The van der Waals surface area contributed by atoms with Crippen molar-refractivity contribution in [1.29, 1.82) is 0 Å². The summed E-state index contributed by atoms with van der Waals surface area (Å²) in [6.07, 6.45) is 2.21. The molecule has 0 aliphatic carbocycles. The van der Waals surface area contributed by atoms with Crippen molar-refractivity contribution in [2.24, 2.45) is 11.7 Å². The molecule has 5 nitrogen and oxygen atoms in total. The number of amides is 1. The molecule has 3 aromatic heterocycles. The molecule has 1 unspecified atom stereocenters.